The molecule has 0 aliphatic carbocycles. The van der Waals surface area contributed by atoms with E-state index in [1.807, 2.05) is 0 Å². The first-order valence-electron chi connectivity index (χ1n) is 6.42. The first-order valence-corrected chi connectivity index (χ1v) is 6.42. The lowest BCUT2D eigenvalue weighted by Gasteiger charge is -2.36. The molecule has 7 heteroatoms. The molecule has 1 fully saturated rings. The van der Waals surface area contributed by atoms with Gasteiger partial charge in [-0.2, -0.15) is 13.2 Å². The molecule has 2 N–H and O–H groups in total. The predicted octanol–water partition coefficient (Wildman–Crippen LogP) is 1.54. The number of ether oxygens (including phenoxy) is 1. The summed E-state index contributed by atoms with van der Waals surface area (Å²) in [4.78, 5) is 13.4. The Hall–Kier alpha value is -0.820. The van der Waals surface area contributed by atoms with Gasteiger partial charge in [-0.3, -0.25) is 4.79 Å². The van der Waals surface area contributed by atoms with Crippen molar-refractivity contribution in [1.29, 1.82) is 0 Å². The van der Waals surface area contributed by atoms with E-state index in [1.54, 1.807) is 18.7 Å². The molecular weight excluding hydrogens is 261 g/mol. The normalized spacial score (nSPS) is 22.0. The van der Waals surface area contributed by atoms with Crippen molar-refractivity contribution in [2.75, 3.05) is 26.2 Å². The van der Waals surface area contributed by atoms with E-state index in [2.05, 4.69) is 0 Å². The van der Waals surface area contributed by atoms with Crippen LogP contribution in [-0.2, 0) is 9.53 Å². The third kappa shape index (κ3) is 4.65. The summed E-state index contributed by atoms with van der Waals surface area (Å²) in [5.41, 5.74) is 4.68. The lowest BCUT2D eigenvalue weighted by Crippen LogP contribution is -2.56. The summed E-state index contributed by atoms with van der Waals surface area (Å²) < 4.78 is 42.4. The molecule has 1 heterocycles. The highest BCUT2D eigenvalue weighted by Crippen LogP contribution is 2.34. The molecule has 1 aliphatic rings. The Morgan fingerprint density at radius 2 is 1.89 bits per heavy atom. The van der Waals surface area contributed by atoms with E-state index in [0.717, 1.165) is 0 Å². The van der Waals surface area contributed by atoms with Crippen molar-refractivity contribution in [3.63, 3.8) is 0 Å². The van der Waals surface area contributed by atoms with Gasteiger partial charge in [-0.05, 0) is 39.8 Å². The molecule has 1 atom stereocenters. The zero-order chi connectivity index (χ0) is 14.7. The molecule has 1 rings (SSSR count). The van der Waals surface area contributed by atoms with Gasteiger partial charge in [0.1, 0.15) is 5.54 Å². The van der Waals surface area contributed by atoms with E-state index in [4.69, 9.17) is 10.5 Å². The Morgan fingerprint density at radius 1 is 1.37 bits per heavy atom. The van der Waals surface area contributed by atoms with Crippen LogP contribution < -0.4 is 5.73 Å². The number of nitrogens with zero attached hydrogens (tertiary/aromatic N) is 1. The molecular formula is C12H21F3N2O2. The fraction of sp³-hybridized carbons (Fsp3) is 0.917. The lowest BCUT2D eigenvalue weighted by molar-refractivity contribution is -0.185. The summed E-state index contributed by atoms with van der Waals surface area (Å²) in [5, 5.41) is 0. The first-order chi connectivity index (χ1) is 8.66. The van der Waals surface area contributed by atoms with Gasteiger partial charge in [0.2, 0.25) is 0 Å². The van der Waals surface area contributed by atoms with Crippen LogP contribution in [0.1, 0.15) is 26.7 Å². The Balaban J connectivity index is 2.46. The molecule has 4 nitrogen and oxygen atoms in total. The highest BCUT2D eigenvalue weighted by molar-refractivity contribution is 5.80. The second kappa shape index (κ2) is 6.09. The van der Waals surface area contributed by atoms with Crippen molar-refractivity contribution in [2.24, 2.45) is 11.7 Å². The van der Waals surface area contributed by atoms with Gasteiger partial charge < -0.3 is 15.4 Å². The van der Waals surface area contributed by atoms with Crippen molar-refractivity contribution >= 4 is 5.97 Å². The molecule has 0 spiro atoms. The van der Waals surface area contributed by atoms with Crippen molar-refractivity contribution in [2.45, 2.75) is 38.4 Å². The first kappa shape index (κ1) is 16.2. The molecule has 0 aromatic rings. The minimum Gasteiger partial charge on any atom is -0.465 e. The van der Waals surface area contributed by atoms with Gasteiger partial charge in [-0.1, -0.05) is 0 Å². The van der Waals surface area contributed by atoms with Crippen LogP contribution in [0.25, 0.3) is 0 Å². The van der Waals surface area contributed by atoms with Crippen molar-refractivity contribution in [3.05, 3.63) is 0 Å². The van der Waals surface area contributed by atoms with Crippen LogP contribution in [-0.4, -0.2) is 48.8 Å². The lowest BCUT2D eigenvalue weighted by atomic mass is 9.94. The molecule has 19 heavy (non-hydrogen) atoms. The van der Waals surface area contributed by atoms with Gasteiger partial charge in [0.05, 0.1) is 12.5 Å². The van der Waals surface area contributed by atoms with E-state index in [1.165, 1.54) is 0 Å². The topological polar surface area (TPSA) is 55.6 Å². The Morgan fingerprint density at radius 3 is 2.32 bits per heavy atom. The Kier molecular flexibility index (Phi) is 5.20. The van der Waals surface area contributed by atoms with Crippen LogP contribution >= 0.6 is 0 Å². The van der Waals surface area contributed by atoms with E-state index < -0.39 is 23.6 Å². The molecule has 112 valence electrons. The maximum atomic E-state index is 12.5. The monoisotopic (exact) mass is 282 g/mol. The van der Waals surface area contributed by atoms with Crippen LogP contribution in [0.3, 0.4) is 0 Å². The predicted molar refractivity (Wildman–Crippen MR) is 64.4 cm³/mol. The Bertz CT molecular complexity index is 311. The van der Waals surface area contributed by atoms with Gasteiger partial charge in [0, 0.05) is 6.54 Å². The number of likely N-dealkylation sites (tertiary alicyclic amines) is 1. The molecule has 0 bridgehead atoms. The highest BCUT2D eigenvalue weighted by atomic mass is 19.4. The molecule has 0 aromatic carbocycles. The third-order valence-corrected chi connectivity index (χ3v) is 3.34. The largest absolute Gasteiger partial charge is 0.465 e. The number of piperidine rings is 1. The van der Waals surface area contributed by atoms with Crippen molar-refractivity contribution < 1.29 is 22.7 Å². The van der Waals surface area contributed by atoms with Crippen molar-refractivity contribution in [3.8, 4) is 0 Å². The van der Waals surface area contributed by atoms with Gasteiger partial charge in [0.25, 0.3) is 0 Å². The second-order valence-electron chi connectivity index (χ2n) is 5.23. The fourth-order valence-electron chi connectivity index (χ4n) is 2.24. The van der Waals surface area contributed by atoms with Crippen LogP contribution in [0.15, 0.2) is 0 Å². The number of rotatable bonds is 4. The average Bonchev–Trinajstić information content (AvgIpc) is 2.28. The molecule has 1 aliphatic heterocycles. The standard InChI is InChI=1S/C12H21F3N2O2/c1-3-19-10(18)11(2,16)8-17-6-4-9(5-7-17)12(13,14)15/h9H,3-8,16H2,1-2H3. The summed E-state index contributed by atoms with van der Waals surface area (Å²) in [7, 11) is 0. The number of nitrogens with two attached hydrogens (primary N) is 1. The molecule has 0 aromatic heterocycles. The quantitative estimate of drug-likeness (QED) is 0.795. The highest BCUT2D eigenvalue weighted by Gasteiger charge is 2.42. The zero-order valence-corrected chi connectivity index (χ0v) is 11.3. The minimum absolute atomic E-state index is 0.0579. The number of carbonyl (C=O) groups excluding carboxylic acids is 1. The second-order valence-corrected chi connectivity index (χ2v) is 5.23. The van der Waals surface area contributed by atoms with Crippen LogP contribution in [0, 0.1) is 5.92 Å². The summed E-state index contributed by atoms with van der Waals surface area (Å²) in [6.45, 7) is 4.29. The number of esters is 1. The van der Waals surface area contributed by atoms with Gasteiger partial charge in [-0.15, -0.1) is 0 Å². The number of alkyl halides is 3. The van der Waals surface area contributed by atoms with E-state index >= 15 is 0 Å². The zero-order valence-electron chi connectivity index (χ0n) is 11.3. The number of carbonyl (C=O) groups is 1. The molecule has 0 amide bonds. The van der Waals surface area contributed by atoms with Crippen LogP contribution in [0.4, 0.5) is 13.2 Å². The molecule has 0 saturated carbocycles. The van der Waals surface area contributed by atoms with Gasteiger partial charge in [0.15, 0.2) is 0 Å². The molecule has 0 radical (unpaired) electrons. The average molecular weight is 282 g/mol. The molecule has 1 unspecified atom stereocenters. The van der Waals surface area contributed by atoms with Gasteiger partial charge in [-0.25, -0.2) is 0 Å². The van der Waals surface area contributed by atoms with Crippen molar-refractivity contribution in [1.82, 2.24) is 4.90 Å². The summed E-state index contributed by atoms with van der Waals surface area (Å²) >= 11 is 0. The van der Waals surface area contributed by atoms with Crippen LogP contribution in [0.5, 0.6) is 0 Å². The van der Waals surface area contributed by atoms with E-state index in [-0.39, 0.29) is 26.0 Å². The van der Waals surface area contributed by atoms with Gasteiger partial charge >= 0.3 is 12.1 Å². The number of hydrogen-bond donors (Lipinski definition) is 1. The number of hydrogen-bond acceptors (Lipinski definition) is 4. The smallest absolute Gasteiger partial charge is 0.391 e. The fourth-order valence-corrected chi connectivity index (χ4v) is 2.24. The Labute approximate surface area is 111 Å². The summed E-state index contributed by atoms with van der Waals surface area (Å²) in [5.74, 6) is -1.76. The summed E-state index contributed by atoms with van der Waals surface area (Å²) in [6, 6.07) is 0. The number of halogens is 3. The maximum absolute atomic E-state index is 12.5. The summed E-state index contributed by atoms with van der Waals surface area (Å²) in [6.07, 6.45) is -4.01. The minimum atomic E-state index is -4.13. The SMILES string of the molecule is CCOC(=O)C(C)(N)CN1CCC(C(F)(F)F)CC1. The van der Waals surface area contributed by atoms with E-state index in [0.29, 0.717) is 13.1 Å². The van der Waals surface area contributed by atoms with E-state index in [9.17, 15) is 18.0 Å². The molecule has 1 saturated heterocycles. The van der Waals surface area contributed by atoms with Crippen LogP contribution in [0.2, 0.25) is 0 Å². The maximum Gasteiger partial charge on any atom is 0.391 e. The third-order valence-electron chi connectivity index (χ3n) is 3.34.